The van der Waals surface area contributed by atoms with Crippen molar-refractivity contribution in [2.45, 2.75) is 26.2 Å². The fourth-order valence-corrected chi connectivity index (χ4v) is 3.18. The van der Waals surface area contributed by atoms with Crippen LogP contribution in [0.2, 0.25) is 0 Å². The lowest BCUT2D eigenvalue weighted by Gasteiger charge is -2.23. The van der Waals surface area contributed by atoms with Crippen LogP contribution in [0.3, 0.4) is 0 Å². The van der Waals surface area contributed by atoms with Gasteiger partial charge in [-0.25, -0.2) is 5.43 Å². The first-order valence-electron chi connectivity index (χ1n) is 9.25. The van der Waals surface area contributed by atoms with E-state index in [1.54, 1.807) is 34.1 Å². The number of benzene rings is 1. The summed E-state index contributed by atoms with van der Waals surface area (Å²) in [6.45, 7) is 4.58. The van der Waals surface area contributed by atoms with E-state index in [1.807, 2.05) is 6.92 Å². The molecule has 0 bridgehead atoms. The van der Waals surface area contributed by atoms with Crippen LogP contribution in [0.1, 0.15) is 36.5 Å². The van der Waals surface area contributed by atoms with Crippen molar-refractivity contribution in [1.82, 2.24) is 15.2 Å². The SMILES string of the molecule is CCOc1ccc(C(=O)N2CCCN(C(=O)C3=NNC(=O)CC3)CC2)cc1. The predicted octanol–water partition coefficient (Wildman–Crippen LogP) is 1.03. The fraction of sp³-hybridized carbons (Fsp3) is 0.474. The summed E-state index contributed by atoms with van der Waals surface area (Å²) in [6.07, 6.45) is 1.34. The lowest BCUT2D eigenvalue weighted by atomic mass is 10.1. The number of rotatable bonds is 4. The molecule has 0 saturated carbocycles. The third kappa shape index (κ3) is 4.64. The first-order valence-corrected chi connectivity index (χ1v) is 9.25. The molecule has 8 heteroatoms. The quantitative estimate of drug-likeness (QED) is 0.854. The van der Waals surface area contributed by atoms with Crippen molar-refractivity contribution in [3.8, 4) is 5.75 Å². The summed E-state index contributed by atoms with van der Waals surface area (Å²) in [5, 5.41) is 3.87. The molecule has 1 aromatic rings. The Morgan fingerprint density at radius 2 is 1.70 bits per heavy atom. The Morgan fingerprint density at radius 3 is 2.30 bits per heavy atom. The highest BCUT2D eigenvalue weighted by atomic mass is 16.5. The van der Waals surface area contributed by atoms with Crippen molar-refractivity contribution in [1.29, 1.82) is 0 Å². The molecule has 27 heavy (non-hydrogen) atoms. The molecule has 1 saturated heterocycles. The largest absolute Gasteiger partial charge is 0.494 e. The van der Waals surface area contributed by atoms with E-state index in [9.17, 15) is 14.4 Å². The van der Waals surface area contributed by atoms with Gasteiger partial charge in [-0.05, 0) is 37.6 Å². The summed E-state index contributed by atoms with van der Waals surface area (Å²) in [6, 6.07) is 7.11. The lowest BCUT2D eigenvalue weighted by molar-refractivity contribution is -0.124. The molecule has 0 aromatic heterocycles. The Bertz CT molecular complexity index is 745. The maximum Gasteiger partial charge on any atom is 0.270 e. The van der Waals surface area contributed by atoms with Gasteiger partial charge in [-0.2, -0.15) is 5.10 Å². The molecule has 2 aliphatic rings. The second-order valence-corrected chi connectivity index (χ2v) is 6.49. The minimum Gasteiger partial charge on any atom is -0.494 e. The molecule has 0 aliphatic carbocycles. The third-order valence-electron chi connectivity index (χ3n) is 4.63. The average Bonchev–Trinajstić information content (AvgIpc) is 2.94. The zero-order valence-corrected chi connectivity index (χ0v) is 15.4. The third-order valence-corrected chi connectivity index (χ3v) is 4.63. The molecule has 1 N–H and O–H groups in total. The number of ether oxygens (including phenoxy) is 1. The summed E-state index contributed by atoms with van der Waals surface area (Å²) in [7, 11) is 0. The van der Waals surface area contributed by atoms with Crippen LogP contribution in [0, 0.1) is 0 Å². The summed E-state index contributed by atoms with van der Waals surface area (Å²) in [4.78, 5) is 40.0. The summed E-state index contributed by atoms with van der Waals surface area (Å²) >= 11 is 0. The molecule has 3 rings (SSSR count). The number of hydrogen-bond acceptors (Lipinski definition) is 5. The Labute approximate surface area is 158 Å². The van der Waals surface area contributed by atoms with Gasteiger partial charge in [0, 0.05) is 44.6 Å². The van der Waals surface area contributed by atoms with E-state index < -0.39 is 0 Å². The minimum absolute atomic E-state index is 0.0467. The standard InChI is InChI=1S/C19H24N4O4/c1-2-27-15-6-4-14(5-7-15)18(25)22-10-3-11-23(13-12-22)19(26)16-8-9-17(24)21-20-16/h4-7H,2-3,8-13H2,1H3,(H,21,24). The number of carbonyl (C=O) groups excluding carboxylic acids is 3. The average molecular weight is 372 g/mol. The van der Waals surface area contributed by atoms with Gasteiger partial charge in [-0.1, -0.05) is 0 Å². The highest BCUT2D eigenvalue weighted by Gasteiger charge is 2.27. The maximum absolute atomic E-state index is 12.7. The highest BCUT2D eigenvalue weighted by Crippen LogP contribution is 2.15. The van der Waals surface area contributed by atoms with Crippen molar-refractivity contribution < 1.29 is 19.1 Å². The highest BCUT2D eigenvalue weighted by molar-refractivity contribution is 6.39. The molecular weight excluding hydrogens is 348 g/mol. The Balaban J connectivity index is 1.59. The van der Waals surface area contributed by atoms with Crippen LogP contribution in [0.4, 0.5) is 0 Å². The molecule has 2 heterocycles. The van der Waals surface area contributed by atoms with Gasteiger partial charge in [0.05, 0.1) is 6.61 Å². The van der Waals surface area contributed by atoms with E-state index in [0.717, 1.165) is 5.75 Å². The van der Waals surface area contributed by atoms with E-state index in [4.69, 9.17) is 4.74 Å². The number of nitrogens with zero attached hydrogens (tertiary/aromatic N) is 3. The number of hydrazone groups is 1. The van der Waals surface area contributed by atoms with Gasteiger partial charge in [0.1, 0.15) is 11.5 Å². The molecule has 1 aromatic carbocycles. The van der Waals surface area contributed by atoms with Crippen LogP contribution in [-0.4, -0.2) is 66.0 Å². The van der Waals surface area contributed by atoms with Gasteiger partial charge in [0.15, 0.2) is 0 Å². The van der Waals surface area contributed by atoms with Gasteiger partial charge < -0.3 is 14.5 Å². The molecule has 0 atom stereocenters. The molecule has 0 spiro atoms. The summed E-state index contributed by atoms with van der Waals surface area (Å²) in [5.74, 6) is 0.358. The van der Waals surface area contributed by atoms with Crippen LogP contribution < -0.4 is 10.2 Å². The minimum atomic E-state index is -0.172. The second kappa shape index (κ2) is 8.66. The molecule has 144 valence electrons. The van der Waals surface area contributed by atoms with Crippen LogP contribution in [0.5, 0.6) is 5.75 Å². The van der Waals surface area contributed by atoms with Gasteiger partial charge in [-0.15, -0.1) is 0 Å². The van der Waals surface area contributed by atoms with Crippen LogP contribution >= 0.6 is 0 Å². The van der Waals surface area contributed by atoms with Crippen LogP contribution in [0.25, 0.3) is 0 Å². The first kappa shape index (κ1) is 18.9. The van der Waals surface area contributed by atoms with Crippen LogP contribution in [0.15, 0.2) is 29.4 Å². The first-order chi connectivity index (χ1) is 13.1. The van der Waals surface area contributed by atoms with Crippen molar-refractivity contribution in [3.63, 3.8) is 0 Å². The normalized spacial score (nSPS) is 17.7. The summed E-state index contributed by atoms with van der Waals surface area (Å²) in [5.41, 5.74) is 3.34. The van der Waals surface area contributed by atoms with Crippen molar-refractivity contribution in [2.75, 3.05) is 32.8 Å². The zero-order chi connectivity index (χ0) is 19.2. The number of nitrogens with one attached hydrogen (secondary N) is 1. The predicted molar refractivity (Wildman–Crippen MR) is 99.5 cm³/mol. The zero-order valence-electron chi connectivity index (χ0n) is 15.4. The Kier molecular flexibility index (Phi) is 6.05. The van der Waals surface area contributed by atoms with E-state index in [1.165, 1.54) is 0 Å². The van der Waals surface area contributed by atoms with Crippen molar-refractivity contribution in [2.24, 2.45) is 5.10 Å². The van der Waals surface area contributed by atoms with E-state index in [-0.39, 0.29) is 24.1 Å². The molecule has 0 radical (unpaired) electrons. The topological polar surface area (TPSA) is 91.3 Å². The van der Waals surface area contributed by atoms with Gasteiger partial charge >= 0.3 is 0 Å². The smallest absolute Gasteiger partial charge is 0.270 e. The Morgan fingerprint density at radius 1 is 1.04 bits per heavy atom. The molecule has 0 unspecified atom stereocenters. The molecule has 2 aliphatic heterocycles. The Hall–Kier alpha value is -2.90. The monoisotopic (exact) mass is 372 g/mol. The molecule has 3 amide bonds. The van der Waals surface area contributed by atoms with Crippen molar-refractivity contribution in [3.05, 3.63) is 29.8 Å². The van der Waals surface area contributed by atoms with Crippen molar-refractivity contribution >= 4 is 23.4 Å². The summed E-state index contributed by atoms with van der Waals surface area (Å²) < 4.78 is 5.40. The van der Waals surface area contributed by atoms with Gasteiger partial charge in [-0.3, -0.25) is 14.4 Å². The van der Waals surface area contributed by atoms with E-state index in [0.29, 0.717) is 56.9 Å². The second-order valence-electron chi connectivity index (χ2n) is 6.49. The molecular formula is C19H24N4O4. The lowest BCUT2D eigenvalue weighted by Crippen LogP contribution is -2.42. The van der Waals surface area contributed by atoms with E-state index >= 15 is 0 Å². The molecule has 8 nitrogen and oxygen atoms in total. The van der Waals surface area contributed by atoms with Gasteiger partial charge in [0.25, 0.3) is 11.8 Å². The van der Waals surface area contributed by atoms with Gasteiger partial charge in [0.2, 0.25) is 5.91 Å². The number of amides is 3. The fourth-order valence-electron chi connectivity index (χ4n) is 3.18. The number of hydrogen-bond donors (Lipinski definition) is 1. The van der Waals surface area contributed by atoms with E-state index in [2.05, 4.69) is 10.5 Å². The van der Waals surface area contributed by atoms with Crippen LogP contribution in [-0.2, 0) is 9.59 Å². The number of carbonyl (C=O) groups is 3. The maximum atomic E-state index is 12.7. The molecule has 1 fully saturated rings.